The molecule has 1 aromatic heterocycles. The van der Waals surface area contributed by atoms with Gasteiger partial charge in [-0.05, 0) is 55.3 Å². The quantitative estimate of drug-likeness (QED) is 0.193. The van der Waals surface area contributed by atoms with Crippen LogP contribution in [-0.2, 0) is 11.4 Å². The van der Waals surface area contributed by atoms with Gasteiger partial charge in [-0.1, -0.05) is 16.8 Å². The Balaban J connectivity index is 1.82. The number of benzene rings is 2. The predicted octanol–water partition coefficient (Wildman–Crippen LogP) is 5.07. The van der Waals surface area contributed by atoms with E-state index < -0.39 is 10.8 Å². The maximum absolute atomic E-state index is 12.4. The maximum Gasteiger partial charge on any atom is 0.269 e. The number of nitro groups is 1. The molecular formula is C23H19ClN4O6. The second-order valence-corrected chi connectivity index (χ2v) is 7.33. The minimum Gasteiger partial charge on any atom is -0.490 e. The van der Waals surface area contributed by atoms with E-state index in [0.29, 0.717) is 29.2 Å². The second-order valence-electron chi connectivity index (χ2n) is 6.92. The van der Waals surface area contributed by atoms with Gasteiger partial charge in [0.25, 0.3) is 11.6 Å². The molecule has 3 aromatic rings. The lowest BCUT2D eigenvalue weighted by atomic mass is 10.1. The molecule has 1 heterocycles. The molecule has 0 aliphatic rings. The van der Waals surface area contributed by atoms with E-state index in [-0.39, 0.29) is 34.5 Å². The highest BCUT2D eigenvalue weighted by Gasteiger charge is 2.16. The van der Waals surface area contributed by atoms with Crippen LogP contribution < -0.4 is 14.8 Å². The molecule has 174 valence electrons. The molecule has 0 atom stereocenters. The number of aryl methyl sites for hydroxylation is 1. The summed E-state index contributed by atoms with van der Waals surface area (Å²) in [4.78, 5) is 22.7. The summed E-state index contributed by atoms with van der Waals surface area (Å²) in [5.41, 5.74) is 0.932. The fourth-order valence-corrected chi connectivity index (χ4v) is 3.14. The van der Waals surface area contributed by atoms with E-state index >= 15 is 0 Å². The number of rotatable bonds is 9. The van der Waals surface area contributed by atoms with E-state index in [2.05, 4.69) is 10.5 Å². The number of nitro benzene ring substituents is 1. The van der Waals surface area contributed by atoms with E-state index in [1.807, 2.05) is 6.07 Å². The molecule has 3 rings (SSSR count). The van der Waals surface area contributed by atoms with Gasteiger partial charge in [0.05, 0.1) is 16.6 Å². The van der Waals surface area contributed by atoms with Crippen molar-refractivity contribution in [3.05, 3.63) is 80.1 Å². The molecule has 0 unspecified atom stereocenters. The van der Waals surface area contributed by atoms with Gasteiger partial charge in [-0.25, -0.2) is 0 Å². The van der Waals surface area contributed by atoms with Crippen LogP contribution in [0.3, 0.4) is 0 Å². The van der Waals surface area contributed by atoms with Crippen molar-refractivity contribution < 1.29 is 23.7 Å². The van der Waals surface area contributed by atoms with Gasteiger partial charge < -0.3 is 19.3 Å². The second kappa shape index (κ2) is 11.0. The third-order valence-corrected chi connectivity index (χ3v) is 4.69. The Morgan fingerprint density at radius 3 is 2.62 bits per heavy atom. The number of nitriles is 1. The highest BCUT2D eigenvalue weighted by molar-refractivity contribution is 6.32. The van der Waals surface area contributed by atoms with Gasteiger partial charge in [0.2, 0.25) is 0 Å². The van der Waals surface area contributed by atoms with Crippen LogP contribution in [0.25, 0.3) is 6.08 Å². The minimum absolute atomic E-state index is 0.0241. The Labute approximate surface area is 199 Å². The molecule has 0 bridgehead atoms. The summed E-state index contributed by atoms with van der Waals surface area (Å²) < 4.78 is 16.3. The third kappa shape index (κ3) is 6.11. The van der Waals surface area contributed by atoms with Crippen molar-refractivity contribution >= 4 is 35.1 Å². The van der Waals surface area contributed by atoms with Crippen molar-refractivity contribution in [2.75, 3.05) is 11.9 Å². The van der Waals surface area contributed by atoms with Crippen molar-refractivity contribution in [2.24, 2.45) is 0 Å². The molecule has 0 saturated carbocycles. The zero-order valence-corrected chi connectivity index (χ0v) is 19.0. The van der Waals surface area contributed by atoms with Gasteiger partial charge >= 0.3 is 0 Å². The number of carbonyl (C=O) groups excluding carboxylic acids is 1. The fraction of sp³-hybridized carbons (Fsp3) is 0.174. The van der Waals surface area contributed by atoms with Gasteiger partial charge in [0.15, 0.2) is 17.3 Å². The van der Waals surface area contributed by atoms with Crippen molar-refractivity contribution in [2.45, 2.75) is 20.5 Å². The van der Waals surface area contributed by atoms with Crippen LogP contribution in [-0.4, -0.2) is 22.6 Å². The number of ether oxygens (including phenoxy) is 2. The molecule has 1 N–H and O–H groups in total. The zero-order chi connectivity index (χ0) is 24.7. The van der Waals surface area contributed by atoms with Crippen molar-refractivity contribution in [1.29, 1.82) is 5.26 Å². The van der Waals surface area contributed by atoms with E-state index in [1.54, 1.807) is 32.0 Å². The van der Waals surface area contributed by atoms with Gasteiger partial charge in [-0.2, -0.15) is 5.26 Å². The number of hydrogen-bond donors (Lipinski definition) is 1. The normalized spacial score (nSPS) is 10.9. The van der Waals surface area contributed by atoms with Crippen LogP contribution in [0.15, 0.2) is 52.6 Å². The van der Waals surface area contributed by atoms with Crippen molar-refractivity contribution in [3.8, 4) is 17.6 Å². The molecule has 1 amide bonds. The Hall–Kier alpha value is -4.36. The fourth-order valence-electron chi connectivity index (χ4n) is 2.87. The van der Waals surface area contributed by atoms with Gasteiger partial charge in [0.1, 0.15) is 24.0 Å². The maximum atomic E-state index is 12.4. The molecule has 2 aromatic carbocycles. The Bertz CT molecular complexity index is 1280. The molecule has 0 fully saturated rings. The van der Waals surface area contributed by atoms with Crippen molar-refractivity contribution in [3.63, 3.8) is 0 Å². The summed E-state index contributed by atoms with van der Waals surface area (Å²) in [6, 6.07) is 12.4. The standard InChI is InChI=1S/C23H19ClN4O6/c1-3-32-20-11-16(9-17(12-25)23(29)26-21-8-14(2)34-27-21)10-19(24)22(20)33-13-15-4-6-18(7-5-15)28(30)31/h4-11H,3,13H2,1-2H3,(H,26,27,29)/b17-9-. The molecule has 10 nitrogen and oxygen atoms in total. The summed E-state index contributed by atoms with van der Waals surface area (Å²) in [7, 11) is 0. The number of non-ortho nitro benzene ring substituents is 1. The number of nitrogens with one attached hydrogen (secondary N) is 1. The lowest BCUT2D eigenvalue weighted by molar-refractivity contribution is -0.384. The van der Waals surface area contributed by atoms with E-state index in [0.717, 1.165) is 0 Å². The molecule has 0 radical (unpaired) electrons. The van der Waals surface area contributed by atoms with Crippen LogP contribution >= 0.6 is 11.6 Å². The SMILES string of the molecule is CCOc1cc(/C=C(/C#N)C(=O)Nc2cc(C)on2)cc(Cl)c1OCc1ccc([N+](=O)[O-])cc1. The Morgan fingerprint density at radius 1 is 1.29 bits per heavy atom. The summed E-state index contributed by atoms with van der Waals surface area (Å²) in [6.45, 7) is 3.86. The van der Waals surface area contributed by atoms with Crippen LogP contribution in [0.4, 0.5) is 11.5 Å². The van der Waals surface area contributed by atoms with Gasteiger partial charge in [-0.3, -0.25) is 14.9 Å². The smallest absolute Gasteiger partial charge is 0.269 e. The van der Waals surface area contributed by atoms with Crippen LogP contribution in [0.1, 0.15) is 23.8 Å². The number of carbonyl (C=O) groups is 1. The summed E-state index contributed by atoms with van der Waals surface area (Å²) >= 11 is 6.41. The zero-order valence-electron chi connectivity index (χ0n) is 18.2. The minimum atomic E-state index is -0.664. The first-order valence-electron chi connectivity index (χ1n) is 9.99. The van der Waals surface area contributed by atoms with Gasteiger partial charge in [0, 0.05) is 18.2 Å². The van der Waals surface area contributed by atoms with Crippen LogP contribution in [0.5, 0.6) is 11.5 Å². The first-order chi connectivity index (χ1) is 16.3. The Morgan fingerprint density at radius 2 is 2.03 bits per heavy atom. The number of aromatic nitrogens is 1. The highest BCUT2D eigenvalue weighted by Crippen LogP contribution is 2.38. The van der Waals surface area contributed by atoms with Crippen molar-refractivity contribution in [1.82, 2.24) is 5.16 Å². The lowest BCUT2D eigenvalue weighted by Crippen LogP contribution is -2.13. The lowest BCUT2D eigenvalue weighted by Gasteiger charge is -2.14. The van der Waals surface area contributed by atoms with Crippen LogP contribution in [0.2, 0.25) is 5.02 Å². The predicted molar refractivity (Wildman–Crippen MR) is 124 cm³/mol. The molecule has 11 heteroatoms. The van der Waals surface area contributed by atoms with E-state index in [1.165, 1.54) is 30.3 Å². The third-order valence-electron chi connectivity index (χ3n) is 4.41. The summed E-state index contributed by atoms with van der Waals surface area (Å²) in [6.07, 6.45) is 1.36. The monoisotopic (exact) mass is 482 g/mol. The number of hydrogen-bond acceptors (Lipinski definition) is 8. The average Bonchev–Trinajstić information content (AvgIpc) is 3.21. The topological polar surface area (TPSA) is 141 Å². The largest absolute Gasteiger partial charge is 0.490 e. The first kappa shape index (κ1) is 24.3. The molecule has 0 aliphatic heterocycles. The number of halogens is 1. The van der Waals surface area contributed by atoms with E-state index in [9.17, 15) is 20.2 Å². The Kier molecular flexibility index (Phi) is 7.84. The molecule has 0 aliphatic carbocycles. The van der Waals surface area contributed by atoms with E-state index in [4.69, 9.17) is 25.6 Å². The highest BCUT2D eigenvalue weighted by atomic mass is 35.5. The van der Waals surface area contributed by atoms with Gasteiger partial charge in [-0.15, -0.1) is 0 Å². The molecule has 34 heavy (non-hydrogen) atoms. The summed E-state index contributed by atoms with van der Waals surface area (Å²) in [5.74, 6) is 0.610. The number of amides is 1. The van der Waals surface area contributed by atoms with Crippen LogP contribution in [0, 0.1) is 28.4 Å². The number of anilines is 1. The molecule has 0 spiro atoms. The summed E-state index contributed by atoms with van der Waals surface area (Å²) in [5, 5.41) is 26.6. The number of nitrogens with zero attached hydrogens (tertiary/aromatic N) is 3. The average molecular weight is 483 g/mol. The first-order valence-corrected chi connectivity index (χ1v) is 10.4. The molecular weight excluding hydrogens is 464 g/mol. The molecule has 0 saturated heterocycles.